The van der Waals surface area contributed by atoms with Crippen molar-refractivity contribution in [1.29, 1.82) is 0 Å². The van der Waals surface area contributed by atoms with Gasteiger partial charge in [0.1, 0.15) is 5.60 Å². The van der Waals surface area contributed by atoms with Gasteiger partial charge in [-0.15, -0.1) is 0 Å². The summed E-state index contributed by atoms with van der Waals surface area (Å²) in [4.78, 5) is 11.6. The monoisotopic (exact) mass is 228 g/mol. The number of alkyl carbamates (subject to hydrolysis) is 1. The maximum absolute atomic E-state index is 11.6. The molecule has 1 saturated carbocycles. The van der Waals surface area contributed by atoms with Crippen LogP contribution >= 0.6 is 0 Å². The standard InChI is InChI=1S/C12H24N2O2/c1-11(2,3)16-10(15)14-9-6-8(7-13)12(9,4)5/h8-9H,6-7,13H2,1-5H3,(H,14,15)/t8-,9-/m0/s1. The van der Waals surface area contributed by atoms with Gasteiger partial charge in [0.05, 0.1) is 0 Å². The fourth-order valence-electron chi connectivity index (χ4n) is 2.11. The van der Waals surface area contributed by atoms with Crippen LogP contribution in [0.4, 0.5) is 4.79 Å². The van der Waals surface area contributed by atoms with Crippen molar-refractivity contribution in [2.45, 2.75) is 52.7 Å². The largest absolute Gasteiger partial charge is 0.444 e. The first-order chi connectivity index (χ1) is 7.16. The molecule has 1 amide bonds. The van der Waals surface area contributed by atoms with Gasteiger partial charge in [-0.3, -0.25) is 0 Å². The molecule has 0 spiro atoms. The van der Waals surface area contributed by atoms with Crippen molar-refractivity contribution in [2.75, 3.05) is 6.54 Å². The Morgan fingerprint density at radius 1 is 1.50 bits per heavy atom. The minimum atomic E-state index is -0.439. The van der Waals surface area contributed by atoms with Gasteiger partial charge in [-0.05, 0) is 45.1 Å². The predicted molar refractivity (Wildman–Crippen MR) is 64.1 cm³/mol. The van der Waals surface area contributed by atoms with Crippen LogP contribution in [0, 0.1) is 11.3 Å². The number of carbonyl (C=O) groups is 1. The Bertz CT molecular complexity index is 269. The van der Waals surface area contributed by atoms with Gasteiger partial charge in [-0.1, -0.05) is 13.8 Å². The number of nitrogens with two attached hydrogens (primary N) is 1. The zero-order valence-corrected chi connectivity index (χ0v) is 11.0. The van der Waals surface area contributed by atoms with Gasteiger partial charge in [0.2, 0.25) is 0 Å². The van der Waals surface area contributed by atoms with E-state index in [1.54, 1.807) is 0 Å². The molecule has 2 atom stereocenters. The lowest BCUT2D eigenvalue weighted by Gasteiger charge is -2.51. The first-order valence-electron chi connectivity index (χ1n) is 5.86. The number of nitrogens with one attached hydrogen (secondary N) is 1. The number of carbonyl (C=O) groups excluding carboxylic acids is 1. The summed E-state index contributed by atoms with van der Waals surface area (Å²) in [6.07, 6.45) is 0.615. The van der Waals surface area contributed by atoms with Crippen molar-refractivity contribution in [3.05, 3.63) is 0 Å². The maximum atomic E-state index is 11.6. The van der Waals surface area contributed by atoms with E-state index in [9.17, 15) is 4.79 Å². The van der Waals surface area contributed by atoms with Gasteiger partial charge in [-0.2, -0.15) is 0 Å². The molecule has 3 N–H and O–H groups in total. The van der Waals surface area contributed by atoms with Gasteiger partial charge >= 0.3 is 6.09 Å². The molecule has 0 aromatic rings. The molecule has 1 aliphatic rings. The zero-order chi connectivity index (χ0) is 12.6. The molecular weight excluding hydrogens is 204 g/mol. The Morgan fingerprint density at radius 2 is 2.06 bits per heavy atom. The molecule has 0 aromatic carbocycles. The lowest BCUT2D eigenvalue weighted by Crippen LogP contribution is -2.60. The van der Waals surface area contributed by atoms with E-state index >= 15 is 0 Å². The third-order valence-electron chi connectivity index (χ3n) is 3.45. The number of ether oxygens (including phenoxy) is 1. The van der Waals surface area contributed by atoms with Gasteiger partial charge in [0, 0.05) is 6.04 Å². The Balaban J connectivity index is 2.43. The van der Waals surface area contributed by atoms with E-state index in [1.807, 2.05) is 20.8 Å². The molecule has 0 unspecified atom stereocenters. The van der Waals surface area contributed by atoms with Gasteiger partial charge in [0.25, 0.3) is 0 Å². The van der Waals surface area contributed by atoms with Gasteiger partial charge in [0.15, 0.2) is 0 Å². The third-order valence-corrected chi connectivity index (χ3v) is 3.45. The number of hydrogen-bond donors (Lipinski definition) is 2. The van der Waals surface area contributed by atoms with Crippen molar-refractivity contribution < 1.29 is 9.53 Å². The van der Waals surface area contributed by atoms with Gasteiger partial charge < -0.3 is 15.8 Å². The Hall–Kier alpha value is -0.770. The summed E-state index contributed by atoms with van der Waals surface area (Å²) >= 11 is 0. The van der Waals surface area contributed by atoms with Crippen LogP contribution in [0.1, 0.15) is 41.0 Å². The van der Waals surface area contributed by atoms with Gasteiger partial charge in [-0.25, -0.2) is 4.79 Å². The number of rotatable bonds is 2. The van der Waals surface area contributed by atoms with Crippen LogP contribution in [0.2, 0.25) is 0 Å². The van der Waals surface area contributed by atoms with Crippen molar-refractivity contribution in [2.24, 2.45) is 17.1 Å². The third kappa shape index (κ3) is 2.88. The molecule has 0 bridgehead atoms. The summed E-state index contributed by atoms with van der Waals surface area (Å²) in [6.45, 7) is 10.5. The summed E-state index contributed by atoms with van der Waals surface area (Å²) in [5.41, 5.74) is 5.30. The van der Waals surface area contributed by atoms with Crippen molar-refractivity contribution in [3.8, 4) is 0 Å². The average Bonchev–Trinajstić information content (AvgIpc) is 2.08. The molecule has 0 heterocycles. The second-order valence-corrected chi connectivity index (χ2v) is 6.19. The van der Waals surface area contributed by atoms with E-state index in [1.165, 1.54) is 0 Å². The highest BCUT2D eigenvalue weighted by atomic mass is 16.6. The van der Waals surface area contributed by atoms with E-state index in [-0.39, 0.29) is 17.6 Å². The molecule has 0 radical (unpaired) electrons. The Labute approximate surface area is 97.9 Å². The molecule has 1 aliphatic carbocycles. The summed E-state index contributed by atoms with van der Waals surface area (Å²) < 4.78 is 5.22. The summed E-state index contributed by atoms with van der Waals surface area (Å²) in [5.74, 6) is 0.493. The van der Waals surface area contributed by atoms with Crippen LogP contribution in [0.5, 0.6) is 0 Å². The molecular formula is C12H24N2O2. The maximum Gasteiger partial charge on any atom is 0.407 e. The minimum Gasteiger partial charge on any atom is -0.444 e. The fourth-order valence-corrected chi connectivity index (χ4v) is 2.11. The summed E-state index contributed by atoms with van der Waals surface area (Å²) in [7, 11) is 0. The highest BCUT2D eigenvalue weighted by Crippen LogP contribution is 2.45. The van der Waals surface area contributed by atoms with E-state index in [2.05, 4.69) is 19.2 Å². The molecule has 4 nitrogen and oxygen atoms in total. The highest BCUT2D eigenvalue weighted by Gasteiger charge is 2.48. The van der Waals surface area contributed by atoms with E-state index in [0.717, 1.165) is 6.42 Å². The highest BCUT2D eigenvalue weighted by molar-refractivity contribution is 5.68. The quantitative estimate of drug-likeness (QED) is 0.758. The SMILES string of the molecule is CC(C)(C)OC(=O)N[C@H]1C[C@@H](CN)C1(C)C. The van der Waals surface area contributed by atoms with Crippen LogP contribution in [-0.2, 0) is 4.74 Å². The van der Waals surface area contributed by atoms with Crippen LogP contribution in [-0.4, -0.2) is 24.3 Å². The lowest BCUT2D eigenvalue weighted by atomic mass is 9.58. The molecule has 0 aromatic heterocycles. The van der Waals surface area contributed by atoms with E-state index in [4.69, 9.17) is 10.5 Å². The molecule has 1 rings (SSSR count). The predicted octanol–water partition coefficient (Wildman–Crippen LogP) is 1.88. The van der Waals surface area contributed by atoms with Crippen LogP contribution in [0.15, 0.2) is 0 Å². The zero-order valence-electron chi connectivity index (χ0n) is 11.0. The number of hydrogen-bond acceptors (Lipinski definition) is 3. The second kappa shape index (κ2) is 4.24. The summed E-state index contributed by atoms with van der Waals surface area (Å²) in [5, 5.41) is 2.91. The summed E-state index contributed by atoms with van der Waals surface area (Å²) in [6, 6.07) is 0.177. The van der Waals surface area contributed by atoms with Crippen LogP contribution in [0.25, 0.3) is 0 Å². The minimum absolute atomic E-state index is 0.0751. The molecule has 0 saturated heterocycles. The number of amides is 1. The second-order valence-electron chi connectivity index (χ2n) is 6.19. The topological polar surface area (TPSA) is 64.3 Å². The Morgan fingerprint density at radius 3 is 2.44 bits per heavy atom. The van der Waals surface area contributed by atoms with Crippen molar-refractivity contribution >= 4 is 6.09 Å². The van der Waals surface area contributed by atoms with E-state index in [0.29, 0.717) is 12.5 Å². The fraction of sp³-hybridized carbons (Fsp3) is 0.917. The van der Waals surface area contributed by atoms with E-state index < -0.39 is 5.60 Å². The first-order valence-corrected chi connectivity index (χ1v) is 5.86. The Kier molecular flexibility index (Phi) is 3.53. The van der Waals surface area contributed by atoms with Crippen LogP contribution in [0.3, 0.4) is 0 Å². The normalized spacial score (nSPS) is 28.1. The lowest BCUT2D eigenvalue weighted by molar-refractivity contribution is 0.00167. The molecule has 94 valence electrons. The molecule has 16 heavy (non-hydrogen) atoms. The molecule has 0 aliphatic heterocycles. The molecule has 4 heteroatoms. The average molecular weight is 228 g/mol. The van der Waals surface area contributed by atoms with Crippen LogP contribution < -0.4 is 11.1 Å². The van der Waals surface area contributed by atoms with Crippen molar-refractivity contribution in [3.63, 3.8) is 0 Å². The van der Waals surface area contributed by atoms with Crippen molar-refractivity contribution in [1.82, 2.24) is 5.32 Å². The molecule has 1 fully saturated rings. The smallest absolute Gasteiger partial charge is 0.407 e. The first kappa shape index (κ1) is 13.3.